The highest BCUT2D eigenvalue weighted by molar-refractivity contribution is 5.76. The van der Waals surface area contributed by atoms with Gasteiger partial charge in [-0.1, -0.05) is 24.3 Å². The first-order chi connectivity index (χ1) is 10.4. The Morgan fingerprint density at radius 2 is 1.86 bits per heavy atom. The molecule has 7 heteroatoms. The molecule has 0 unspecified atom stereocenters. The van der Waals surface area contributed by atoms with Crippen LogP contribution in [0.15, 0.2) is 35.9 Å². The van der Waals surface area contributed by atoms with Gasteiger partial charge >= 0.3 is 6.18 Å². The van der Waals surface area contributed by atoms with E-state index in [0.29, 0.717) is 11.1 Å². The topological polar surface area (TPSA) is 65.4 Å². The maximum atomic E-state index is 12.7. The van der Waals surface area contributed by atoms with E-state index in [1.165, 1.54) is 13.1 Å². The Morgan fingerprint density at radius 3 is 2.41 bits per heavy atom. The summed E-state index contributed by atoms with van der Waals surface area (Å²) in [6.45, 7) is 0. The zero-order chi connectivity index (χ0) is 16.3. The fraction of sp³-hybridized carbons (Fsp3) is 0.133. The standard InChI is InChI=1S/C15H9F3N4/c1-22-13(7-14(21-22)15(16,17)18)12-5-3-2-4-11(12)6-10(8-19)9-20/h2-7H,1H3. The van der Waals surface area contributed by atoms with E-state index in [2.05, 4.69) is 5.10 Å². The predicted molar refractivity (Wildman–Crippen MR) is 72.8 cm³/mol. The summed E-state index contributed by atoms with van der Waals surface area (Å²) in [5.41, 5.74) is 0.0398. The molecule has 0 saturated carbocycles. The zero-order valence-electron chi connectivity index (χ0n) is 11.4. The summed E-state index contributed by atoms with van der Waals surface area (Å²) in [6, 6.07) is 10.9. The first-order valence-electron chi connectivity index (χ1n) is 6.09. The summed E-state index contributed by atoms with van der Waals surface area (Å²) in [5, 5.41) is 21.1. The molecule has 0 bridgehead atoms. The van der Waals surface area contributed by atoms with Gasteiger partial charge in [0.2, 0.25) is 0 Å². The van der Waals surface area contributed by atoms with Crippen molar-refractivity contribution in [2.45, 2.75) is 6.18 Å². The molecule has 0 aliphatic rings. The van der Waals surface area contributed by atoms with Crippen molar-refractivity contribution >= 4 is 6.08 Å². The van der Waals surface area contributed by atoms with Gasteiger partial charge in [0.1, 0.15) is 17.7 Å². The molecule has 1 aromatic heterocycles. The third-order valence-corrected chi connectivity index (χ3v) is 2.95. The van der Waals surface area contributed by atoms with E-state index in [1.807, 2.05) is 0 Å². The van der Waals surface area contributed by atoms with Gasteiger partial charge in [-0.05, 0) is 17.7 Å². The molecule has 2 rings (SSSR count). The molecule has 0 fully saturated rings. The Morgan fingerprint density at radius 1 is 1.23 bits per heavy atom. The van der Waals surface area contributed by atoms with Gasteiger partial charge < -0.3 is 0 Å². The van der Waals surface area contributed by atoms with Crippen LogP contribution in [0.1, 0.15) is 11.3 Å². The van der Waals surface area contributed by atoms with Crippen LogP contribution >= 0.6 is 0 Å². The highest BCUT2D eigenvalue weighted by atomic mass is 19.4. The molecule has 0 saturated heterocycles. The average Bonchev–Trinajstić information content (AvgIpc) is 2.87. The lowest BCUT2D eigenvalue weighted by atomic mass is 10.0. The Bertz CT molecular complexity index is 801. The van der Waals surface area contributed by atoms with Gasteiger partial charge in [-0.25, -0.2) is 0 Å². The molecule has 1 heterocycles. The molecular weight excluding hydrogens is 293 g/mol. The van der Waals surface area contributed by atoms with Crippen molar-refractivity contribution in [3.05, 3.63) is 47.2 Å². The molecule has 0 aliphatic carbocycles. The van der Waals surface area contributed by atoms with E-state index in [-0.39, 0.29) is 11.3 Å². The van der Waals surface area contributed by atoms with Crippen LogP contribution < -0.4 is 0 Å². The van der Waals surface area contributed by atoms with Crippen LogP contribution in [0.2, 0.25) is 0 Å². The lowest BCUT2D eigenvalue weighted by molar-refractivity contribution is -0.141. The van der Waals surface area contributed by atoms with Crippen molar-refractivity contribution in [2.75, 3.05) is 0 Å². The first-order valence-corrected chi connectivity index (χ1v) is 6.09. The van der Waals surface area contributed by atoms with Gasteiger partial charge in [-0.2, -0.15) is 28.8 Å². The van der Waals surface area contributed by atoms with Crippen molar-refractivity contribution < 1.29 is 13.2 Å². The Hall–Kier alpha value is -3.06. The van der Waals surface area contributed by atoms with Crippen LogP contribution in [-0.4, -0.2) is 9.78 Å². The van der Waals surface area contributed by atoms with Gasteiger partial charge in [0.05, 0.1) is 5.69 Å². The summed E-state index contributed by atoms with van der Waals surface area (Å²) in [7, 11) is 1.40. The number of aryl methyl sites for hydroxylation is 1. The number of allylic oxidation sites excluding steroid dienone is 1. The number of rotatable bonds is 2. The van der Waals surface area contributed by atoms with Gasteiger partial charge in [0.15, 0.2) is 5.69 Å². The summed E-state index contributed by atoms with van der Waals surface area (Å²) >= 11 is 0. The van der Waals surface area contributed by atoms with Crippen LogP contribution in [0.3, 0.4) is 0 Å². The summed E-state index contributed by atoms with van der Waals surface area (Å²) in [5.74, 6) is 0. The number of hydrogen-bond donors (Lipinski definition) is 0. The number of halogens is 3. The van der Waals surface area contributed by atoms with Crippen molar-refractivity contribution in [1.82, 2.24) is 9.78 Å². The van der Waals surface area contributed by atoms with E-state index in [4.69, 9.17) is 10.5 Å². The van der Waals surface area contributed by atoms with Crippen molar-refractivity contribution in [2.24, 2.45) is 7.05 Å². The van der Waals surface area contributed by atoms with E-state index in [0.717, 1.165) is 10.7 Å². The maximum absolute atomic E-state index is 12.7. The van der Waals surface area contributed by atoms with Crippen molar-refractivity contribution in [3.8, 4) is 23.4 Å². The second-order valence-corrected chi connectivity index (χ2v) is 4.41. The first kappa shape index (κ1) is 15.3. The van der Waals surface area contributed by atoms with Crippen molar-refractivity contribution in [3.63, 3.8) is 0 Å². The molecule has 4 nitrogen and oxygen atoms in total. The fourth-order valence-corrected chi connectivity index (χ4v) is 1.96. The van der Waals surface area contributed by atoms with Crippen LogP contribution in [0.25, 0.3) is 17.3 Å². The molecule has 0 spiro atoms. The molecule has 0 aliphatic heterocycles. The van der Waals surface area contributed by atoms with Crippen LogP contribution in [0.5, 0.6) is 0 Å². The zero-order valence-corrected chi connectivity index (χ0v) is 11.4. The van der Waals surface area contributed by atoms with E-state index in [1.54, 1.807) is 36.4 Å². The molecule has 110 valence electrons. The van der Waals surface area contributed by atoms with E-state index >= 15 is 0 Å². The normalized spacial score (nSPS) is 10.6. The summed E-state index contributed by atoms with van der Waals surface area (Å²) < 4.78 is 39.3. The molecule has 0 atom stereocenters. The summed E-state index contributed by atoms with van der Waals surface area (Å²) in [6.07, 6.45) is -3.21. The van der Waals surface area contributed by atoms with Crippen LogP contribution in [0.4, 0.5) is 13.2 Å². The second kappa shape index (κ2) is 5.74. The number of alkyl halides is 3. The molecule has 22 heavy (non-hydrogen) atoms. The predicted octanol–water partition coefficient (Wildman–Crippen LogP) is 3.54. The lowest BCUT2D eigenvalue weighted by Gasteiger charge is -2.06. The molecule has 0 N–H and O–H groups in total. The Labute approximate surface area is 124 Å². The SMILES string of the molecule is Cn1nc(C(F)(F)F)cc1-c1ccccc1C=C(C#N)C#N. The molecule has 1 aromatic carbocycles. The summed E-state index contributed by atoms with van der Waals surface area (Å²) in [4.78, 5) is 0. The van der Waals surface area contributed by atoms with Crippen molar-refractivity contribution in [1.29, 1.82) is 10.5 Å². The smallest absolute Gasteiger partial charge is 0.267 e. The van der Waals surface area contributed by atoms with E-state index < -0.39 is 11.9 Å². The Kier molecular flexibility index (Phi) is 4.00. The third kappa shape index (κ3) is 2.99. The largest absolute Gasteiger partial charge is 0.435 e. The second-order valence-electron chi connectivity index (χ2n) is 4.41. The molecule has 0 radical (unpaired) electrons. The highest BCUT2D eigenvalue weighted by Crippen LogP contribution is 2.32. The van der Waals surface area contributed by atoms with Gasteiger partial charge in [-0.15, -0.1) is 0 Å². The number of hydrogen-bond acceptors (Lipinski definition) is 3. The Balaban J connectivity index is 2.61. The number of nitriles is 2. The minimum Gasteiger partial charge on any atom is -0.267 e. The van der Waals surface area contributed by atoms with Crippen LogP contribution in [-0.2, 0) is 13.2 Å². The van der Waals surface area contributed by atoms with Crippen LogP contribution in [0, 0.1) is 22.7 Å². The minimum absolute atomic E-state index is 0.134. The van der Waals surface area contributed by atoms with Gasteiger partial charge in [0.25, 0.3) is 0 Å². The fourth-order valence-electron chi connectivity index (χ4n) is 1.96. The maximum Gasteiger partial charge on any atom is 0.435 e. The number of aromatic nitrogens is 2. The molecular formula is C15H9F3N4. The number of nitrogens with zero attached hydrogens (tertiary/aromatic N) is 4. The van der Waals surface area contributed by atoms with E-state index in [9.17, 15) is 13.2 Å². The van der Waals surface area contributed by atoms with Gasteiger partial charge in [-0.3, -0.25) is 4.68 Å². The lowest BCUT2D eigenvalue weighted by Crippen LogP contribution is -2.06. The third-order valence-electron chi connectivity index (χ3n) is 2.95. The molecule has 2 aromatic rings. The highest BCUT2D eigenvalue weighted by Gasteiger charge is 2.34. The average molecular weight is 302 g/mol. The number of benzene rings is 1. The molecule has 0 amide bonds. The quantitative estimate of drug-likeness (QED) is 0.797. The monoisotopic (exact) mass is 302 g/mol. The van der Waals surface area contributed by atoms with Gasteiger partial charge in [0, 0.05) is 12.6 Å². The minimum atomic E-state index is -4.54.